The molecule has 0 heterocycles. The van der Waals surface area contributed by atoms with E-state index in [0.29, 0.717) is 11.3 Å². The minimum Gasteiger partial charge on any atom is -0.443 e. The number of carbonyl (C=O) groups is 2. The Morgan fingerprint density at radius 3 is 2.07 bits per heavy atom. The Morgan fingerprint density at radius 1 is 1.04 bits per heavy atom. The van der Waals surface area contributed by atoms with Gasteiger partial charge in [0.05, 0.1) is 0 Å². The van der Waals surface area contributed by atoms with Crippen molar-refractivity contribution in [1.29, 1.82) is 0 Å². The smallest absolute Gasteiger partial charge is 0.415 e. The maximum atomic E-state index is 12.9. The largest absolute Gasteiger partial charge is 0.443 e. The van der Waals surface area contributed by atoms with Crippen molar-refractivity contribution in [3.63, 3.8) is 0 Å². The normalized spacial score (nSPS) is 12.0. The summed E-state index contributed by atoms with van der Waals surface area (Å²) in [5, 5.41) is 9.57. The number of carbonyl (C=O) groups excluding carboxylic acids is 2. The van der Waals surface area contributed by atoms with Gasteiger partial charge >= 0.3 is 17.1 Å². The molecule has 2 rings (SSSR count). The Morgan fingerprint density at radius 2 is 1.57 bits per heavy atom. The number of ether oxygens (including phenoxy) is 1. The summed E-state index contributed by atoms with van der Waals surface area (Å²) in [6.07, 6.45) is -0.790. The standard InChI is InChI=1S/C20H22N2O6/c1-20(2,3)27-19(24)21(16-12-8-5-9-13-16)17(18(23)28-22(25)26)14-15-10-6-4-7-11-15/h4-13,17H,14H2,1-3H3/t17-/m1/s1. The maximum absolute atomic E-state index is 12.9. The monoisotopic (exact) mass is 386 g/mol. The zero-order valence-corrected chi connectivity index (χ0v) is 15.9. The SMILES string of the molecule is CC(C)(C)OC(=O)N(c1ccccc1)[C@H](Cc1ccccc1)C(=O)O[N+](=O)[O-]. The fourth-order valence-electron chi connectivity index (χ4n) is 2.56. The summed E-state index contributed by atoms with van der Waals surface area (Å²) in [6.45, 7) is 5.07. The number of benzene rings is 2. The van der Waals surface area contributed by atoms with Gasteiger partial charge in [-0.2, -0.15) is 0 Å². The van der Waals surface area contributed by atoms with Gasteiger partial charge in [0, 0.05) is 12.1 Å². The quantitative estimate of drug-likeness (QED) is 0.553. The van der Waals surface area contributed by atoms with Crippen LogP contribution in [0.15, 0.2) is 60.7 Å². The number of hydrogen-bond donors (Lipinski definition) is 0. The lowest BCUT2D eigenvalue weighted by atomic mass is 10.0. The van der Waals surface area contributed by atoms with Crippen LogP contribution in [-0.2, 0) is 20.8 Å². The summed E-state index contributed by atoms with van der Waals surface area (Å²) in [4.78, 5) is 41.5. The van der Waals surface area contributed by atoms with E-state index in [9.17, 15) is 19.7 Å². The third-order valence-electron chi connectivity index (χ3n) is 3.64. The molecule has 2 aromatic carbocycles. The Bertz CT molecular complexity index is 818. The Hall–Kier alpha value is -3.42. The zero-order valence-electron chi connectivity index (χ0n) is 15.9. The minimum atomic E-state index is -1.29. The number of amides is 1. The highest BCUT2D eigenvalue weighted by molar-refractivity contribution is 5.95. The molecule has 0 saturated carbocycles. The van der Waals surface area contributed by atoms with Crippen molar-refractivity contribution in [3.8, 4) is 0 Å². The molecule has 1 amide bonds. The van der Waals surface area contributed by atoms with E-state index in [1.165, 1.54) is 0 Å². The predicted molar refractivity (Wildman–Crippen MR) is 102 cm³/mol. The Balaban J connectivity index is 2.48. The van der Waals surface area contributed by atoms with Crippen LogP contribution in [0.2, 0.25) is 0 Å². The van der Waals surface area contributed by atoms with Crippen LogP contribution < -0.4 is 4.90 Å². The first-order chi connectivity index (χ1) is 13.2. The van der Waals surface area contributed by atoms with Gasteiger partial charge in [0.1, 0.15) is 11.6 Å². The number of anilines is 1. The van der Waals surface area contributed by atoms with E-state index >= 15 is 0 Å². The van der Waals surface area contributed by atoms with Crippen molar-refractivity contribution in [1.82, 2.24) is 0 Å². The lowest BCUT2D eigenvalue weighted by Gasteiger charge is -2.32. The molecule has 0 spiro atoms. The highest BCUT2D eigenvalue weighted by Crippen LogP contribution is 2.23. The second-order valence-corrected chi connectivity index (χ2v) is 7.03. The molecule has 1 atom stereocenters. The van der Waals surface area contributed by atoms with Crippen LogP contribution in [0.3, 0.4) is 0 Å². The summed E-state index contributed by atoms with van der Waals surface area (Å²) in [5.74, 6) is -1.16. The Kier molecular flexibility index (Phi) is 6.70. The van der Waals surface area contributed by atoms with Gasteiger partial charge in [-0.15, -0.1) is 10.1 Å². The first-order valence-corrected chi connectivity index (χ1v) is 8.65. The fraction of sp³-hybridized carbons (Fsp3) is 0.300. The molecule has 148 valence electrons. The van der Waals surface area contributed by atoms with Gasteiger partial charge in [0.25, 0.3) is 0 Å². The van der Waals surface area contributed by atoms with Crippen molar-refractivity contribution in [3.05, 3.63) is 76.3 Å². The van der Waals surface area contributed by atoms with Crippen molar-refractivity contribution >= 4 is 17.7 Å². The van der Waals surface area contributed by atoms with Gasteiger partial charge < -0.3 is 4.74 Å². The van der Waals surface area contributed by atoms with E-state index in [1.54, 1.807) is 81.4 Å². The van der Waals surface area contributed by atoms with Gasteiger partial charge in [-0.25, -0.2) is 9.63 Å². The highest BCUT2D eigenvalue weighted by Gasteiger charge is 2.36. The molecule has 0 aliphatic heterocycles. The first-order valence-electron chi connectivity index (χ1n) is 8.65. The summed E-state index contributed by atoms with van der Waals surface area (Å²) >= 11 is 0. The molecule has 0 aliphatic carbocycles. The van der Waals surface area contributed by atoms with Crippen molar-refractivity contribution in [2.24, 2.45) is 0 Å². The third kappa shape index (κ3) is 6.08. The maximum Gasteiger partial charge on any atom is 0.415 e. The van der Waals surface area contributed by atoms with Crippen LogP contribution >= 0.6 is 0 Å². The number of hydrogen-bond acceptors (Lipinski definition) is 6. The van der Waals surface area contributed by atoms with Gasteiger partial charge in [0.2, 0.25) is 0 Å². The van der Waals surface area contributed by atoms with Gasteiger partial charge in [0.15, 0.2) is 0 Å². The van der Waals surface area contributed by atoms with Gasteiger partial charge in [-0.3, -0.25) is 9.69 Å². The minimum absolute atomic E-state index is 0.0155. The Labute approximate surface area is 162 Å². The molecule has 0 radical (unpaired) electrons. The number of nitrogens with zero attached hydrogens (tertiary/aromatic N) is 2. The average molecular weight is 386 g/mol. The second kappa shape index (κ2) is 8.98. The van der Waals surface area contributed by atoms with E-state index in [0.717, 1.165) is 4.90 Å². The summed E-state index contributed by atoms with van der Waals surface area (Å²) in [5.41, 5.74) is 0.240. The molecule has 28 heavy (non-hydrogen) atoms. The van der Waals surface area contributed by atoms with Crippen molar-refractivity contribution in [2.75, 3.05) is 4.90 Å². The zero-order chi connectivity index (χ0) is 20.7. The molecule has 0 N–H and O–H groups in total. The molecular weight excluding hydrogens is 364 g/mol. The molecule has 0 fully saturated rings. The van der Waals surface area contributed by atoms with E-state index in [4.69, 9.17) is 4.74 Å². The number of para-hydroxylation sites is 1. The van der Waals surface area contributed by atoms with Crippen LogP contribution in [0.25, 0.3) is 0 Å². The van der Waals surface area contributed by atoms with Gasteiger partial charge in [-0.1, -0.05) is 48.5 Å². The van der Waals surface area contributed by atoms with Crippen molar-refractivity contribution < 1.29 is 24.3 Å². The summed E-state index contributed by atoms with van der Waals surface area (Å²) in [6, 6.07) is 15.9. The van der Waals surface area contributed by atoms with Crippen LogP contribution in [-0.4, -0.2) is 28.8 Å². The van der Waals surface area contributed by atoms with Gasteiger partial charge in [-0.05, 0) is 38.5 Å². The molecule has 0 aliphatic rings. The van der Waals surface area contributed by atoms with E-state index in [-0.39, 0.29) is 6.42 Å². The van der Waals surface area contributed by atoms with E-state index in [1.807, 2.05) is 0 Å². The average Bonchev–Trinajstić information content (AvgIpc) is 2.61. The fourth-order valence-corrected chi connectivity index (χ4v) is 2.56. The predicted octanol–water partition coefficient (Wildman–Crippen LogP) is 3.77. The van der Waals surface area contributed by atoms with Crippen LogP contribution in [0.1, 0.15) is 26.3 Å². The molecule has 0 unspecified atom stereocenters. The summed E-state index contributed by atoms with van der Waals surface area (Å²) in [7, 11) is 0. The summed E-state index contributed by atoms with van der Waals surface area (Å²) < 4.78 is 5.44. The van der Waals surface area contributed by atoms with Crippen LogP contribution in [0.5, 0.6) is 0 Å². The van der Waals surface area contributed by atoms with E-state index < -0.39 is 28.8 Å². The molecule has 0 saturated heterocycles. The van der Waals surface area contributed by atoms with Crippen LogP contribution in [0, 0.1) is 10.1 Å². The number of rotatable bonds is 6. The topological polar surface area (TPSA) is 99.0 Å². The third-order valence-corrected chi connectivity index (χ3v) is 3.64. The molecule has 0 aromatic heterocycles. The second-order valence-electron chi connectivity index (χ2n) is 7.03. The molecular formula is C20H22N2O6. The van der Waals surface area contributed by atoms with Crippen molar-refractivity contribution in [2.45, 2.75) is 38.8 Å². The highest BCUT2D eigenvalue weighted by atomic mass is 17.0. The lowest BCUT2D eigenvalue weighted by molar-refractivity contribution is -0.729. The van der Waals surface area contributed by atoms with E-state index in [2.05, 4.69) is 4.84 Å². The molecule has 8 heteroatoms. The lowest BCUT2D eigenvalue weighted by Crippen LogP contribution is -2.49. The molecule has 8 nitrogen and oxygen atoms in total. The first kappa shape index (κ1) is 20.9. The molecule has 2 aromatic rings. The van der Waals surface area contributed by atoms with Crippen LogP contribution in [0.4, 0.5) is 10.5 Å². The molecule has 0 bridgehead atoms.